The maximum Gasteiger partial charge on any atom is 0.250 e. The van der Waals surface area contributed by atoms with Crippen LogP contribution >= 0.6 is 0 Å². The number of amides is 2. The summed E-state index contributed by atoms with van der Waals surface area (Å²) in [6.45, 7) is 2.73. The summed E-state index contributed by atoms with van der Waals surface area (Å²) in [6, 6.07) is 11.7. The van der Waals surface area contributed by atoms with Gasteiger partial charge in [0.1, 0.15) is 17.5 Å². The van der Waals surface area contributed by atoms with Crippen molar-refractivity contribution in [1.82, 2.24) is 14.7 Å². The predicted molar refractivity (Wildman–Crippen MR) is 103 cm³/mol. The van der Waals surface area contributed by atoms with Crippen molar-refractivity contribution < 1.29 is 14.0 Å². The van der Waals surface area contributed by atoms with Gasteiger partial charge in [0, 0.05) is 31.3 Å². The van der Waals surface area contributed by atoms with Crippen molar-refractivity contribution in [3.63, 3.8) is 0 Å². The smallest absolute Gasteiger partial charge is 0.250 e. The topological polar surface area (TPSA) is 58.4 Å². The van der Waals surface area contributed by atoms with Gasteiger partial charge in [-0.05, 0) is 30.7 Å². The number of carbonyl (C=O) groups is 2. The Morgan fingerprint density at radius 2 is 1.93 bits per heavy atom. The maximum atomic E-state index is 14.3. The molecule has 2 saturated heterocycles. The number of halogens is 1. The number of benzene rings is 2. The Hall–Kier alpha value is -3.22. The molecule has 0 radical (unpaired) electrons. The Kier molecular flexibility index (Phi) is 3.72. The molecule has 0 N–H and O–H groups in total. The molecule has 2 fully saturated rings. The van der Waals surface area contributed by atoms with Crippen molar-refractivity contribution in [3.8, 4) is 5.69 Å². The van der Waals surface area contributed by atoms with Crippen molar-refractivity contribution in [2.24, 2.45) is 5.92 Å². The van der Waals surface area contributed by atoms with Crippen LogP contribution < -0.4 is 4.90 Å². The van der Waals surface area contributed by atoms with E-state index in [1.165, 1.54) is 13.0 Å². The van der Waals surface area contributed by atoms with Crippen molar-refractivity contribution in [3.05, 3.63) is 54.5 Å². The van der Waals surface area contributed by atoms with E-state index in [0.717, 1.165) is 23.0 Å². The molecule has 0 spiro atoms. The van der Waals surface area contributed by atoms with E-state index in [1.54, 1.807) is 38.9 Å². The first-order chi connectivity index (χ1) is 13.6. The Labute approximate surface area is 161 Å². The molecule has 3 aromatic rings. The van der Waals surface area contributed by atoms with E-state index >= 15 is 0 Å². The maximum absolute atomic E-state index is 14.3. The van der Waals surface area contributed by atoms with Crippen LogP contribution in [-0.4, -0.2) is 45.6 Å². The van der Waals surface area contributed by atoms with E-state index < -0.39 is 0 Å². The molecule has 7 heteroatoms. The monoisotopic (exact) mass is 378 g/mol. The second kappa shape index (κ2) is 6.15. The first-order valence-corrected chi connectivity index (χ1v) is 9.36. The lowest BCUT2D eigenvalue weighted by Crippen LogP contribution is -2.42. The molecule has 2 aliphatic heterocycles. The van der Waals surface area contributed by atoms with Gasteiger partial charge >= 0.3 is 0 Å². The van der Waals surface area contributed by atoms with Crippen molar-refractivity contribution in [2.45, 2.75) is 19.4 Å². The molecule has 3 heterocycles. The predicted octanol–water partition coefficient (Wildman–Crippen LogP) is 2.75. The van der Waals surface area contributed by atoms with Gasteiger partial charge in [-0.15, -0.1) is 0 Å². The number of aromatic nitrogens is 2. The van der Waals surface area contributed by atoms with Crippen molar-refractivity contribution in [2.75, 3.05) is 18.0 Å². The molecule has 0 unspecified atom stereocenters. The molecule has 2 aliphatic rings. The van der Waals surface area contributed by atoms with Crippen molar-refractivity contribution in [1.29, 1.82) is 0 Å². The minimum Gasteiger partial charge on any atom is -0.331 e. The van der Waals surface area contributed by atoms with Crippen LogP contribution in [0.2, 0.25) is 0 Å². The Balaban J connectivity index is 1.57. The number of carbonyl (C=O) groups excluding carboxylic acids is 2. The summed E-state index contributed by atoms with van der Waals surface area (Å²) in [5.74, 6) is -0.327. The number of hydrogen-bond donors (Lipinski definition) is 0. The summed E-state index contributed by atoms with van der Waals surface area (Å²) in [6.07, 6.45) is 2.50. The fourth-order valence-corrected chi connectivity index (χ4v) is 4.52. The molecule has 28 heavy (non-hydrogen) atoms. The van der Waals surface area contributed by atoms with Gasteiger partial charge in [-0.25, -0.2) is 9.07 Å². The number of para-hydroxylation sites is 1. The highest BCUT2D eigenvalue weighted by atomic mass is 19.1. The Morgan fingerprint density at radius 1 is 1.14 bits per heavy atom. The summed E-state index contributed by atoms with van der Waals surface area (Å²) in [5, 5.41) is 5.16. The van der Waals surface area contributed by atoms with Gasteiger partial charge in [-0.2, -0.15) is 5.10 Å². The molecular weight excluding hydrogens is 359 g/mol. The minimum absolute atomic E-state index is 0.0520. The second-order valence-corrected chi connectivity index (χ2v) is 7.37. The van der Waals surface area contributed by atoms with Crippen molar-refractivity contribution >= 4 is 28.4 Å². The zero-order valence-corrected chi connectivity index (χ0v) is 15.4. The zero-order chi connectivity index (χ0) is 19.4. The second-order valence-electron chi connectivity index (χ2n) is 7.37. The van der Waals surface area contributed by atoms with Gasteiger partial charge in [0.05, 0.1) is 17.4 Å². The molecule has 142 valence electrons. The van der Waals surface area contributed by atoms with Gasteiger partial charge in [-0.3, -0.25) is 9.59 Å². The normalized spacial score (nSPS) is 21.6. The third-order valence-electron chi connectivity index (χ3n) is 5.83. The molecule has 0 aliphatic carbocycles. The van der Waals surface area contributed by atoms with Crippen LogP contribution in [0.4, 0.5) is 10.1 Å². The fraction of sp³-hybridized carbons (Fsp3) is 0.286. The fourth-order valence-electron chi connectivity index (χ4n) is 4.52. The first-order valence-electron chi connectivity index (χ1n) is 9.36. The highest BCUT2D eigenvalue weighted by Gasteiger charge is 2.49. The van der Waals surface area contributed by atoms with Gasteiger partial charge in [0.2, 0.25) is 11.8 Å². The van der Waals surface area contributed by atoms with Crippen LogP contribution in [0.1, 0.15) is 13.3 Å². The lowest BCUT2D eigenvalue weighted by atomic mass is 10.0. The quantitative estimate of drug-likeness (QED) is 0.689. The molecule has 5 rings (SSSR count). The Bertz CT molecular complexity index is 1110. The number of rotatable bonds is 2. The summed E-state index contributed by atoms with van der Waals surface area (Å²) < 4.78 is 15.8. The van der Waals surface area contributed by atoms with Gasteiger partial charge in [0.15, 0.2) is 0 Å². The average Bonchev–Trinajstić information content (AvgIpc) is 3.37. The van der Waals surface area contributed by atoms with E-state index in [4.69, 9.17) is 0 Å². The molecule has 2 amide bonds. The van der Waals surface area contributed by atoms with Crippen LogP contribution in [0.15, 0.2) is 48.7 Å². The SMILES string of the molecule is CC(=O)N1CC[C@@H]2CN(c3cccc4c3cnn4-c3ccccc3F)C(=O)[C@@H]21. The zero-order valence-electron chi connectivity index (χ0n) is 15.4. The number of anilines is 1. The van der Waals surface area contributed by atoms with Gasteiger partial charge in [-0.1, -0.05) is 18.2 Å². The number of fused-ring (bicyclic) bond motifs is 2. The first kappa shape index (κ1) is 16.9. The van der Waals surface area contributed by atoms with Gasteiger partial charge < -0.3 is 9.80 Å². The molecule has 2 atom stereocenters. The Morgan fingerprint density at radius 3 is 2.71 bits per heavy atom. The van der Waals surface area contributed by atoms with E-state index in [0.29, 0.717) is 18.8 Å². The number of likely N-dealkylation sites (tertiary alicyclic amines) is 1. The van der Waals surface area contributed by atoms with E-state index in [9.17, 15) is 14.0 Å². The average molecular weight is 378 g/mol. The molecule has 0 bridgehead atoms. The molecule has 2 aromatic carbocycles. The number of hydrogen-bond acceptors (Lipinski definition) is 3. The third-order valence-corrected chi connectivity index (χ3v) is 5.83. The highest BCUT2D eigenvalue weighted by Crippen LogP contribution is 2.38. The summed E-state index contributed by atoms with van der Waals surface area (Å²) >= 11 is 0. The molecular formula is C21H19FN4O2. The summed E-state index contributed by atoms with van der Waals surface area (Å²) in [7, 11) is 0. The molecule has 1 aromatic heterocycles. The lowest BCUT2D eigenvalue weighted by molar-refractivity contribution is -0.135. The van der Waals surface area contributed by atoms with E-state index in [2.05, 4.69) is 5.10 Å². The van der Waals surface area contributed by atoms with Crippen LogP contribution in [0, 0.1) is 11.7 Å². The van der Waals surface area contributed by atoms with E-state index in [-0.39, 0.29) is 29.6 Å². The third kappa shape index (κ3) is 2.35. The summed E-state index contributed by atoms with van der Waals surface area (Å²) in [4.78, 5) is 28.4. The van der Waals surface area contributed by atoms with E-state index in [1.807, 2.05) is 18.2 Å². The number of nitrogens with zero attached hydrogens (tertiary/aromatic N) is 4. The minimum atomic E-state index is -0.380. The largest absolute Gasteiger partial charge is 0.331 e. The summed E-state index contributed by atoms with van der Waals surface area (Å²) in [5.41, 5.74) is 1.85. The van der Waals surface area contributed by atoms with Crippen LogP contribution in [0.5, 0.6) is 0 Å². The lowest BCUT2D eigenvalue weighted by Gasteiger charge is -2.23. The van der Waals surface area contributed by atoms with Crippen LogP contribution in [0.25, 0.3) is 16.6 Å². The standard InChI is InChI=1S/C21H19FN4O2/c1-13(27)24-10-9-14-12-25(21(28)20(14)24)17-7-4-8-18-15(17)11-23-26(18)19-6-3-2-5-16(19)22/h2-8,11,14,20H,9-10,12H2,1H3/t14-,20-/m1/s1. The van der Waals surface area contributed by atoms with Gasteiger partial charge in [0.25, 0.3) is 0 Å². The van der Waals surface area contributed by atoms with Crippen LogP contribution in [-0.2, 0) is 9.59 Å². The van der Waals surface area contributed by atoms with Crippen LogP contribution in [0.3, 0.4) is 0 Å². The molecule has 6 nitrogen and oxygen atoms in total. The highest BCUT2D eigenvalue weighted by molar-refractivity contribution is 6.07. The molecule has 0 saturated carbocycles.